The van der Waals surface area contributed by atoms with Crippen molar-refractivity contribution in [3.05, 3.63) is 0 Å². The van der Waals surface area contributed by atoms with E-state index in [1.807, 2.05) is 0 Å². The van der Waals surface area contributed by atoms with Gasteiger partial charge in [-0.25, -0.2) is 0 Å². The molecule has 0 atom stereocenters. The molecule has 194 valence electrons. The molecule has 0 saturated carbocycles. The van der Waals surface area contributed by atoms with Crippen molar-refractivity contribution in [1.29, 1.82) is 0 Å². The van der Waals surface area contributed by atoms with Crippen LogP contribution in [0.15, 0.2) is 0 Å². The smallest absolute Gasteiger partial charge is 0.810 e. The van der Waals surface area contributed by atoms with Gasteiger partial charge in [0.15, 0.2) is 0 Å². The summed E-state index contributed by atoms with van der Waals surface area (Å²) in [5, 5.41) is 0. The van der Waals surface area contributed by atoms with Gasteiger partial charge in [-0.15, -0.1) is 0 Å². The van der Waals surface area contributed by atoms with Crippen LogP contribution in [0, 0.1) is 0 Å². The van der Waals surface area contributed by atoms with E-state index in [1.54, 1.807) is 0 Å². The van der Waals surface area contributed by atoms with Crippen molar-refractivity contribution in [3.63, 3.8) is 0 Å². The van der Waals surface area contributed by atoms with Gasteiger partial charge in [-0.2, -0.15) is 0 Å². The zero-order chi connectivity index (χ0) is 25.6. The standard InChI is InChI=1S/C9H28N3O15P5.10K/c13-28(14,15)5-10(1-3-11(6-29(16,17)18)7-30(19,20)21)2-4-12(8-31(22,23)24)9-32(25,26)27;;;;;;;;;;/h1-9H2,(H2,13,14,15)(H2,16,17,18)(H2,19,20,21)(H2,22,23,24)(H2,25,26,27);;;;;;;;;;/q;10*+1/p-10. The molecule has 0 amide bonds. The van der Waals surface area contributed by atoms with Crippen LogP contribution < -0.4 is 563 Å². The van der Waals surface area contributed by atoms with E-state index in [0.717, 1.165) is 0 Å². The maximum absolute atomic E-state index is 11.1. The molecule has 42 heavy (non-hydrogen) atoms. The Morgan fingerprint density at radius 2 is 0.405 bits per heavy atom. The van der Waals surface area contributed by atoms with Crippen LogP contribution in [-0.2, 0) is 22.8 Å². The Balaban J connectivity index is -0.000000107. The summed E-state index contributed by atoms with van der Waals surface area (Å²) in [6.45, 7) is -2.82. The summed E-state index contributed by atoms with van der Waals surface area (Å²) in [5.74, 6) is 0. The first-order chi connectivity index (χ1) is 13.9. The Labute approximate surface area is 671 Å². The summed E-state index contributed by atoms with van der Waals surface area (Å²) >= 11 is 0. The van der Waals surface area contributed by atoms with Crippen molar-refractivity contribution in [2.75, 3.05) is 57.6 Å². The second kappa shape index (κ2) is 44.6. The molecule has 0 radical (unpaired) electrons. The molecule has 0 aliphatic rings. The molecule has 0 spiro atoms. The number of hydrogen-bond donors (Lipinski definition) is 0. The van der Waals surface area contributed by atoms with Gasteiger partial charge in [-0.1, -0.05) is 38.0 Å². The zero-order valence-electron chi connectivity index (χ0n) is 26.1. The minimum Gasteiger partial charge on any atom is -0.810 e. The summed E-state index contributed by atoms with van der Waals surface area (Å²) in [5.41, 5.74) is 0. The Hall–Kier alpha value is 17.0. The fourth-order valence-corrected chi connectivity index (χ4v) is 6.43. The van der Waals surface area contributed by atoms with Crippen LogP contribution in [0.4, 0.5) is 0 Å². The molecule has 0 fully saturated rings. The van der Waals surface area contributed by atoms with Crippen molar-refractivity contribution < 1.29 is 586 Å². The van der Waals surface area contributed by atoms with E-state index in [1.165, 1.54) is 0 Å². The van der Waals surface area contributed by atoms with Crippen LogP contribution in [0.5, 0.6) is 0 Å². The van der Waals surface area contributed by atoms with Crippen molar-refractivity contribution >= 4 is 38.0 Å². The summed E-state index contributed by atoms with van der Waals surface area (Å²) < 4.78 is 54.6. The Kier molecular flexibility index (Phi) is 91.5. The average Bonchev–Trinajstić information content (AvgIpc) is 2.41. The van der Waals surface area contributed by atoms with Gasteiger partial charge in [0.2, 0.25) is 0 Å². The molecule has 0 aromatic heterocycles. The van der Waals surface area contributed by atoms with Crippen LogP contribution in [0.3, 0.4) is 0 Å². The van der Waals surface area contributed by atoms with E-state index in [2.05, 4.69) is 0 Å². The number of rotatable bonds is 16. The largest absolute Gasteiger partial charge is 1.00 e. The fraction of sp³-hybridized carbons (Fsp3) is 1.00. The van der Waals surface area contributed by atoms with Crippen LogP contribution in [0.2, 0.25) is 0 Å². The van der Waals surface area contributed by atoms with Crippen LogP contribution >= 0.6 is 38.0 Å². The van der Waals surface area contributed by atoms with E-state index in [-0.39, 0.29) is 514 Å². The summed E-state index contributed by atoms with van der Waals surface area (Å²) in [7, 11) is -26.8. The Bertz CT molecular complexity index is 754. The maximum Gasteiger partial charge on any atom is 1.00 e. The molecule has 18 nitrogen and oxygen atoms in total. The van der Waals surface area contributed by atoms with Crippen molar-refractivity contribution in [2.45, 2.75) is 0 Å². The Morgan fingerprint density at radius 1 is 0.286 bits per heavy atom. The van der Waals surface area contributed by atoms with E-state index in [9.17, 15) is 71.8 Å². The molecule has 0 unspecified atom stereocenters. The quantitative estimate of drug-likeness (QED) is 0.102. The topological polar surface area (TPSA) is 326 Å². The summed E-state index contributed by atoms with van der Waals surface area (Å²) in [6, 6.07) is 0. The predicted molar refractivity (Wildman–Crippen MR) is 87.4 cm³/mol. The fourth-order valence-electron chi connectivity index (χ4n) is 2.42. The Morgan fingerprint density at radius 3 is 0.548 bits per heavy atom. The summed E-state index contributed by atoms with van der Waals surface area (Å²) in [4.78, 5) is 111. The number of hydrogen-bond acceptors (Lipinski definition) is 18. The average molecular weight is 954 g/mol. The molecule has 0 saturated heterocycles. The minimum atomic E-state index is -5.37. The van der Waals surface area contributed by atoms with E-state index < -0.39 is 95.6 Å². The van der Waals surface area contributed by atoms with E-state index in [0.29, 0.717) is 14.7 Å². The van der Waals surface area contributed by atoms with Crippen molar-refractivity contribution in [3.8, 4) is 0 Å². The third kappa shape index (κ3) is 66.1. The van der Waals surface area contributed by atoms with Crippen LogP contribution in [-0.4, -0.2) is 72.3 Å². The SMILES string of the molecule is O=P([O-])([O-])CN(CCN(CP(=O)([O-])[O-])CP(=O)([O-])[O-])CCN(CP(=O)([O-])[O-])CP(=O)([O-])[O-].[K+].[K+].[K+].[K+].[K+].[K+].[K+].[K+].[K+].[K+]. The first-order valence-electron chi connectivity index (χ1n) is 8.17. The van der Waals surface area contributed by atoms with Gasteiger partial charge in [-0.3, -0.25) is 14.7 Å². The van der Waals surface area contributed by atoms with E-state index in [4.69, 9.17) is 0 Å². The van der Waals surface area contributed by atoms with Gasteiger partial charge >= 0.3 is 514 Å². The zero-order valence-corrected chi connectivity index (χ0v) is 61.8. The maximum atomic E-state index is 11.1. The second-order valence-electron chi connectivity index (χ2n) is 6.67. The first kappa shape index (κ1) is 86.1. The van der Waals surface area contributed by atoms with Gasteiger partial charge < -0.3 is 71.8 Å². The van der Waals surface area contributed by atoms with Gasteiger partial charge in [-0.05, 0) is 0 Å². The summed E-state index contributed by atoms with van der Waals surface area (Å²) in [6.07, 6.45) is -7.03. The van der Waals surface area contributed by atoms with Gasteiger partial charge in [0.05, 0.1) is 0 Å². The van der Waals surface area contributed by atoms with E-state index >= 15 is 0 Å². The molecule has 0 heterocycles. The normalized spacial score (nSPS) is 11.2. The van der Waals surface area contributed by atoms with Crippen LogP contribution in [0.25, 0.3) is 0 Å². The molecule has 0 aliphatic heterocycles. The molecule has 33 heteroatoms. The molecular weight excluding hydrogens is 936 g/mol. The minimum absolute atomic E-state index is 0. The molecule has 0 aromatic carbocycles. The molecule has 0 rings (SSSR count). The van der Waals surface area contributed by atoms with Gasteiger partial charge in [0.1, 0.15) is 0 Å². The molecule has 0 bridgehead atoms. The molecule has 0 aromatic rings. The van der Waals surface area contributed by atoms with Gasteiger partial charge in [0, 0.05) is 57.6 Å². The first-order valence-corrected chi connectivity index (χ1v) is 16.8. The molecular formula is C9H18K10N3O15P5. The third-order valence-electron chi connectivity index (χ3n) is 3.33. The monoisotopic (exact) mass is 953 g/mol. The molecule has 0 aliphatic carbocycles. The number of nitrogens with zero attached hydrogens (tertiary/aromatic N) is 3. The van der Waals surface area contributed by atoms with Gasteiger partial charge in [0.25, 0.3) is 0 Å². The van der Waals surface area contributed by atoms with Crippen molar-refractivity contribution in [2.24, 2.45) is 0 Å². The van der Waals surface area contributed by atoms with Crippen LogP contribution in [0.1, 0.15) is 0 Å². The molecule has 0 N–H and O–H groups in total. The second-order valence-corrected chi connectivity index (χ2v) is 14.2. The third-order valence-corrected chi connectivity index (χ3v) is 7.06. The van der Waals surface area contributed by atoms with Crippen molar-refractivity contribution in [1.82, 2.24) is 14.7 Å². The predicted octanol–water partition coefficient (Wildman–Crippen LogP) is -38.7.